The number of phenolic OH excluding ortho intramolecular Hbond substituents is 1. The van der Waals surface area contributed by atoms with Crippen LogP contribution in [0, 0.1) is 6.92 Å². The summed E-state index contributed by atoms with van der Waals surface area (Å²) in [6.07, 6.45) is 0. The molecule has 1 aromatic heterocycles. The Morgan fingerprint density at radius 1 is 0.933 bits per heavy atom. The topological polar surface area (TPSA) is 91.6 Å². The summed E-state index contributed by atoms with van der Waals surface area (Å²) >= 11 is 6.03. The number of carbonyl (C=O) groups excluding carboxylic acids is 2. The first-order valence-electron chi connectivity index (χ1n) is 9.50. The van der Waals surface area contributed by atoms with E-state index >= 15 is 0 Å². The third-order valence-electron chi connectivity index (χ3n) is 5.01. The summed E-state index contributed by atoms with van der Waals surface area (Å²) in [7, 11) is 0. The minimum Gasteiger partial charge on any atom is -0.507 e. The Bertz CT molecular complexity index is 1110. The Kier molecular flexibility index (Phi) is 5.41. The number of phenols is 1. The van der Waals surface area contributed by atoms with Crippen LogP contribution in [0.2, 0.25) is 5.02 Å². The lowest BCUT2D eigenvalue weighted by atomic mass is 10.1. The van der Waals surface area contributed by atoms with Crippen molar-refractivity contribution in [3.8, 4) is 11.4 Å². The van der Waals surface area contributed by atoms with Gasteiger partial charge in [-0.15, -0.1) is 5.10 Å². The van der Waals surface area contributed by atoms with Crippen LogP contribution in [-0.2, 0) is 0 Å². The van der Waals surface area contributed by atoms with Crippen molar-refractivity contribution < 1.29 is 14.7 Å². The van der Waals surface area contributed by atoms with E-state index in [2.05, 4.69) is 10.2 Å². The number of benzene rings is 2. The summed E-state index contributed by atoms with van der Waals surface area (Å²) in [4.78, 5) is 30.3. The fraction of sp³-hybridized carbons (Fsp3) is 0.238. The van der Waals surface area contributed by atoms with Gasteiger partial charge in [0.15, 0.2) is 5.69 Å². The molecule has 1 saturated heterocycles. The molecule has 1 aliphatic rings. The number of aryl methyl sites for hydroxylation is 1. The molecule has 0 saturated carbocycles. The second kappa shape index (κ2) is 8.16. The van der Waals surface area contributed by atoms with Crippen LogP contribution < -0.4 is 0 Å². The molecule has 0 bridgehead atoms. The third kappa shape index (κ3) is 3.86. The Morgan fingerprint density at radius 2 is 1.60 bits per heavy atom. The van der Waals surface area contributed by atoms with Crippen LogP contribution in [0.3, 0.4) is 0 Å². The number of rotatable bonds is 3. The van der Waals surface area contributed by atoms with Gasteiger partial charge in [0.2, 0.25) is 0 Å². The molecule has 0 radical (unpaired) electrons. The van der Waals surface area contributed by atoms with Crippen molar-refractivity contribution in [1.82, 2.24) is 24.8 Å². The molecule has 3 aromatic rings. The molecule has 4 rings (SSSR count). The number of para-hydroxylation sites is 1. The SMILES string of the molecule is Cc1nn(-c2cccc(Cl)c2)nc1C(=O)N1CCN(C(=O)c2ccccc2O)CC1. The number of carbonyl (C=O) groups is 2. The number of piperazine rings is 1. The minimum absolute atomic E-state index is 0.0470. The standard InChI is InChI=1S/C21H20ClN5O3/c1-14-19(24-27(23-14)16-6-4-5-15(22)13-16)21(30)26-11-9-25(10-12-26)20(29)17-7-2-3-8-18(17)28/h2-8,13,28H,9-12H2,1H3. The van der Waals surface area contributed by atoms with E-state index in [0.717, 1.165) is 0 Å². The lowest BCUT2D eigenvalue weighted by Gasteiger charge is -2.34. The zero-order chi connectivity index (χ0) is 21.3. The van der Waals surface area contributed by atoms with Gasteiger partial charge in [0.05, 0.1) is 16.9 Å². The molecule has 1 aliphatic heterocycles. The number of hydrogen-bond donors (Lipinski definition) is 1. The van der Waals surface area contributed by atoms with E-state index in [1.54, 1.807) is 53.1 Å². The Hall–Kier alpha value is -3.39. The van der Waals surface area contributed by atoms with E-state index in [-0.39, 0.29) is 28.8 Å². The molecule has 2 amide bonds. The lowest BCUT2D eigenvalue weighted by molar-refractivity contribution is 0.0530. The van der Waals surface area contributed by atoms with Crippen LogP contribution in [0.15, 0.2) is 48.5 Å². The van der Waals surface area contributed by atoms with Gasteiger partial charge in [0, 0.05) is 31.2 Å². The Balaban J connectivity index is 1.45. The lowest BCUT2D eigenvalue weighted by Crippen LogP contribution is -2.50. The van der Waals surface area contributed by atoms with Gasteiger partial charge in [-0.1, -0.05) is 29.8 Å². The highest BCUT2D eigenvalue weighted by Crippen LogP contribution is 2.20. The maximum atomic E-state index is 13.0. The van der Waals surface area contributed by atoms with Gasteiger partial charge in [0.25, 0.3) is 11.8 Å². The molecule has 0 atom stereocenters. The number of halogens is 1. The van der Waals surface area contributed by atoms with Crippen LogP contribution in [0.4, 0.5) is 0 Å². The maximum absolute atomic E-state index is 13.0. The van der Waals surface area contributed by atoms with Crippen LogP contribution in [0.1, 0.15) is 26.5 Å². The number of aromatic nitrogens is 3. The predicted octanol–water partition coefficient (Wildman–Crippen LogP) is 2.53. The smallest absolute Gasteiger partial charge is 0.276 e. The van der Waals surface area contributed by atoms with Crippen LogP contribution >= 0.6 is 11.6 Å². The van der Waals surface area contributed by atoms with Crippen LogP contribution in [0.5, 0.6) is 5.75 Å². The highest BCUT2D eigenvalue weighted by molar-refractivity contribution is 6.30. The maximum Gasteiger partial charge on any atom is 0.276 e. The average Bonchev–Trinajstić information content (AvgIpc) is 3.15. The summed E-state index contributed by atoms with van der Waals surface area (Å²) in [5.41, 5.74) is 1.73. The molecule has 8 nitrogen and oxygen atoms in total. The second-order valence-corrected chi connectivity index (χ2v) is 7.44. The second-order valence-electron chi connectivity index (χ2n) is 7.00. The summed E-state index contributed by atoms with van der Waals surface area (Å²) in [5.74, 6) is -0.520. The summed E-state index contributed by atoms with van der Waals surface area (Å²) in [5, 5.41) is 19.2. The fourth-order valence-electron chi connectivity index (χ4n) is 3.38. The van der Waals surface area contributed by atoms with Gasteiger partial charge in [0.1, 0.15) is 5.75 Å². The van der Waals surface area contributed by atoms with Gasteiger partial charge in [-0.3, -0.25) is 9.59 Å². The van der Waals surface area contributed by atoms with E-state index in [1.807, 2.05) is 6.07 Å². The van der Waals surface area contributed by atoms with Crippen molar-refractivity contribution >= 4 is 23.4 Å². The first kappa shape index (κ1) is 19.9. The molecule has 1 N–H and O–H groups in total. The molecule has 2 heterocycles. The summed E-state index contributed by atoms with van der Waals surface area (Å²) < 4.78 is 0. The zero-order valence-corrected chi connectivity index (χ0v) is 17.1. The largest absolute Gasteiger partial charge is 0.507 e. The van der Waals surface area contributed by atoms with Crippen molar-refractivity contribution in [2.24, 2.45) is 0 Å². The van der Waals surface area contributed by atoms with Crippen molar-refractivity contribution in [3.63, 3.8) is 0 Å². The molecular weight excluding hydrogens is 406 g/mol. The van der Waals surface area contributed by atoms with E-state index in [1.165, 1.54) is 10.9 Å². The first-order valence-corrected chi connectivity index (χ1v) is 9.88. The predicted molar refractivity (Wildman–Crippen MR) is 111 cm³/mol. The molecule has 9 heteroatoms. The Morgan fingerprint density at radius 3 is 2.27 bits per heavy atom. The van der Waals surface area contributed by atoms with E-state index in [4.69, 9.17) is 11.6 Å². The van der Waals surface area contributed by atoms with Gasteiger partial charge >= 0.3 is 0 Å². The zero-order valence-electron chi connectivity index (χ0n) is 16.3. The monoisotopic (exact) mass is 425 g/mol. The Labute approximate surface area is 178 Å². The number of nitrogens with zero attached hydrogens (tertiary/aromatic N) is 5. The number of aromatic hydroxyl groups is 1. The van der Waals surface area contributed by atoms with Gasteiger partial charge < -0.3 is 14.9 Å². The highest BCUT2D eigenvalue weighted by Gasteiger charge is 2.29. The molecule has 2 aromatic carbocycles. The van der Waals surface area contributed by atoms with Crippen molar-refractivity contribution in [1.29, 1.82) is 0 Å². The third-order valence-corrected chi connectivity index (χ3v) is 5.25. The molecule has 154 valence electrons. The average molecular weight is 426 g/mol. The quantitative estimate of drug-likeness (QED) is 0.696. The van der Waals surface area contributed by atoms with E-state index < -0.39 is 0 Å². The van der Waals surface area contributed by atoms with Gasteiger partial charge in [-0.25, -0.2) is 0 Å². The van der Waals surface area contributed by atoms with Crippen molar-refractivity contribution in [3.05, 3.63) is 70.5 Å². The highest BCUT2D eigenvalue weighted by atomic mass is 35.5. The molecule has 0 unspecified atom stereocenters. The molecule has 30 heavy (non-hydrogen) atoms. The number of amides is 2. The van der Waals surface area contributed by atoms with Gasteiger partial charge in [-0.05, 0) is 37.3 Å². The van der Waals surface area contributed by atoms with Gasteiger partial charge in [-0.2, -0.15) is 9.90 Å². The molecule has 1 fully saturated rings. The minimum atomic E-state index is -0.247. The first-order chi connectivity index (χ1) is 14.4. The number of hydrogen-bond acceptors (Lipinski definition) is 5. The molecular formula is C21H20ClN5O3. The normalized spacial score (nSPS) is 14.1. The summed E-state index contributed by atoms with van der Waals surface area (Å²) in [6.45, 7) is 3.24. The molecule has 0 aliphatic carbocycles. The van der Waals surface area contributed by atoms with Crippen molar-refractivity contribution in [2.45, 2.75) is 6.92 Å². The molecule has 0 spiro atoms. The summed E-state index contributed by atoms with van der Waals surface area (Å²) in [6, 6.07) is 13.5. The van der Waals surface area contributed by atoms with E-state index in [9.17, 15) is 14.7 Å². The van der Waals surface area contributed by atoms with Crippen molar-refractivity contribution in [2.75, 3.05) is 26.2 Å². The van der Waals surface area contributed by atoms with Crippen LogP contribution in [0.25, 0.3) is 5.69 Å². The van der Waals surface area contributed by atoms with Crippen LogP contribution in [-0.4, -0.2) is 67.9 Å². The fourth-order valence-corrected chi connectivity index (χ4v) is 3.56. The van der Waals surface area contributed by atoms with E-state index in [0.29, 0.717) is 42.6 Å².